The van der Waals surface area contributed by atoms with Gasteiger partial charge in [-0.3, -0.25) is 0 Å². The fourth-order valence-corrected chi connectivity index (χ4v) is 8.31. The summed E-state index contributed by atoms with van der Waals surface area (Å²) in [5, 5.41) is 2.64. The van der Waals surface area contributed by atoms with Crippen molar-refractivity contribution >= 4 is 28.6 Å². The zero-order valence-electron chi connectivity index (χ0n) is 19.3. The van der Waals surface area contributed by atoms with Crippen LogP contribution < -0.4 is 10.6 Å². The van der Waals surface area contributed by atoms with Gasteiger partial charge in [0, 0.05) is 21.8 Å². The summed E-state index contributed by atoms with van der Waals surface area (Å²) in [4.78, 5) is 0. The first-order valence-corrected chi connectivity index (χ1v) is 13.7. The van der Waals surface area contributed by atoms with Gasteiger partial charge in [-0.1, -0.05) is 146 Å². The van der Waals surface area contributed by atoms with Crippen LogP contribution in [0.2, 0.25) is 0 Å². The second-order valence-corrected chi connectivity index (χ2v) is 11.5. The quantitative estimate of drug-likeness (QED) is 0.282. The molecule has 0 aliphatic heterocycles. The molecule has 0 radical (unpaired) electrons. The van der Waals surface area contributed by atoms with Crippen molar-refractivity contribution in [2.24, 2.45) is 5.92 Å². The summed E-state index contributed by atoms with van der Waals surface area (Å²) < 4.78 is 15.6. The van der Waals surface area contributed by atoms with Gasteiger partial charge in [-0.15, -0.1) is 0 Å². The van der Waals surface area contributed by atoms with Crippen LogP contribution in [-0.4, -0.2) is 0 Å². The third-order valence-corrected chi connectivity index (χ3v) is 9.98. The van der Waals surface area contributed by atoms with E-state index in [1.165, 1.54) is 5.57 Å². The lowest BCUT2D eigenvalue weighted by Crippen LogP contribution is -2.19. The highest BCUT2D eigenvalue weighted by atomic mass is 31.2. The van der Waals surface area contributed by atoms with Crippen molar-refractivity contribution in [2.75, 3.05) is 0 Å². The van der Waals surface area contributed by atoms with E-state index < -0.39 is 7.14 Å². The summed E-state index contributed by atoms with van der Waals surface area (Å²) >= 11 is 0. The lowest BCUT2D eigenvalue weighted by atomic mass is 9.91. The van der Waals surface area contributed by atoms with Crippen LogP contribution in [0.5, 0.6) is 0 Å². The molecular formula is C33H25OP. The Balaban J connectivity index is 1.72. The Labute approximate surface area is 206 Å². The van der Waals surface area contributed by atoms with E-state index in [1.807, 2.05) is 66.7 Å². The van der Waals surface area contributed by atoms with Crippen molar-refractivity contribution in [1.29, 1.82) is 0 Å². The molecular weight excluding hydrogens is 443 g/mol. The molecule has 0 saturated carbocycles. The summed E-state index contributed by atoms with van der Waals surface area (Å²) in [6.07, 6.45) is 10.9. The maximum atomic E-state index is 15.6. The van der Waals surface area contributed by atoms with Gasteiger partial charge in [0.05, 0.1) is 0 Å². The van der Waals surface area contributed by atoms with Crippen molar-refractivity contribution < 1.29 is 4.57 Å². The van der Waals surface area contributed by atoms with Crippen LogP contribution in [0.25, 0.3) is 10.9 Å². The molecule has 2 aliphatic carbocycles. The van der Waals surface area contributed by atoms with Crippen LogP contribution in [-0.2, 0) is 4.57 Å². The highest BCUT2D eigenvalue weighted by Gasteiger charge is 2.38. The van der Waals surface area contributed by atoms with Crippen LogP contribution in [0.1, 0.15) is 16.7 Å². The van der Waals surface area contributed by atoms with E-state index in [1.54, 1.807) is 0 Å². The Morgan fingerprint density at radius 1 is 0.571 bits per heavy atom. The second-order valence-electron chi connectivity index (χ2n) is 8.85. The minimum Gasteiger partial charge on any atom is -0.309 e. The molecule has 2 aliphatic rings. The van der Waals surface area contributed by atoms with E-state index in [0.29, 0.717) is 0 Å². The molecule has 0 fully saturated rings. The zero-order valence-corrected chi connectivity index (χ0v) is 20.2. The van der Waals surface area contributed by atoms with Crippen LogP contribution in [0.4, 0.5) is 0 Å². The van der Waals surface area contributed by atoms with Crippen molar-refractivity contribution in [3.8, 4) is 0 Å². The minimum absolute atomic E-state index is 0.0263. The van der Waals surface area contributed by atoms with E-state index in [-0.39, 0.29) is 5.92 Å². The number of hydrogen-bond donors (Lipinski definition) is 0. The lowest BCUT2D eigenvalue weighted by molar-refractivity contribution is 0.592. The van der Waals surface area contributed by atoms with Crippen LogP contribution in [0.15, 0.2) is 151 Å². The summed E-state index contributed by atoms with van der Waals surface area (Å²) in [6.45, 7) is 0. The van der Waals surface area contributed by atoms with Gasteiger partial charge < -0.3 is 4.57 Å². The second kappa shape index (κ2) is 9.02. The largest absolute Gasteiger partial charge is 0.309 e. The van der Waals surface area contributed by atoms with Crippen LogP contribution in [0, 0.1) is 5.92 Å². The Morgan fingerprint density at radius 3 is 1.74 bits per heavy atom. The summed E-state index contributed by atoms with van der Waals surface area (Å²) in [5.74, 6) is 0.0263. The monoisotopic (exact) mass is 468 g/mol. The van der Waals surface area contributed by atoms with E-state index in [9.17, 15) is 0 Å². The Kier molecular flexibility index (Phi) is 5.57. The number of rotatable bonds is 4. The van der Waals surface area contributed by atoms with Crippen molar-refractivity contribution in [3.05, 3.63) is 168 Å². The molecule has 35 heavy (non-hydrogen) atoms. The molecule has 1 nitrogen and oxygen atoms in total. The molecule has 0 saturated heterocycles. The van der Waals surface area contributed by atoms with Gasteiger partial charge >= 0.3 is 0 Å². The van der Waals surface area contributed by atoms with E-state index in [2.05, 4.69) is 78.9 Å². The highest BCUT2D eigenvalue weighted by molar-refractivity contribution is 7.87. The lowest BCUT2D eigenvalue weighted by Gasteiger charge is -2.27. The number of benzene rings is 4. The molecule has 0 aromatic heterocycles. The predicted molar refractivity (Wildman–Crippen MR) is 148 cm³/mol. The van der Waals surface area contributed by atoms with Gasteiger partial charge in [-0.05, 0) is 27.8 Å². The molecule has 2 heteroatoms. The first-order valence-electron chi connectivity index (χ1n) is 11.9. The van der Waals surface area contributed by atoms with Gasteiger partial charge in [-0.2, -0.15) is 0 Å². The molecule has 4 aromatic carbocycles. The highest BCUT2D eigenvalue weighted by Crippen LogP contribution is 2.61. The van der Waals surface area contributed by atoms with Gasteiger partial charge in [0.15, 0.2) is 7.14 Å². The third kappa shape index (κ3) is 3.70. The molecule has 0 bridgehead atoms. The summed E-state index contributed by atoms with van der Waals surface area (Å²) in [7, 11) is -3.21. The maximum absolute atomic E-state index is 15.6. The SMILES string of the molecule is O=P(C1=C2C=CC=C[C@H]2C=C(c2ccccc2)c2ccccc21)(c1ccccc1)c1ccccc1. The molecule has 6 rings (SSSR count). The van der Waals surface area contributed by atoms with Crippen LogP contribution >= 0.6 is 7.14 Å². The summed E-state index contributed by atoms with van der Waals surface area (Å²) in [6, 6.07) is 38.9. The molecule has 0 heterocycles. The Hall–Kier alpha value is -3.93. The molecule has 4 aromatic rings. The minimum atomic E-state index is -3.21. The van der Waals surface area contributed by atoms with E-state index in [0.717, 1.165) is 38.2 Å². The van der Waals surface area contributed by atoms with Crippen molar-refractivity contribution in [1.82, 2.24) is 0 Å². The Bertz CT molecular complexity index is 1500. The van der Waals surface area contributed by atoms with Gasteiger partial charge in [0.25, 0.3) is 0 Å². The predicted octanol–water partition coefficient (Wildman–Crippen LogP) is 7.60. The first-order chi connectivity index (χ1) is 17.3. The maximum Gasteiger partial charge on any atom is 0.171 e. The number of hydrogen-bond acceptors (Lipinski definition) is 1. The fraction of sp³-hybridized carbons (Fsp3) is 0.0303. The molecule has 0 amide bonds. The van der Waals surface area contributed by atoms with E-state index >= 15 is 4.57 Å². The first kappa shape index (κ1) is 21.6. The van der Waals surface area contributed by atoms with Crippen molar-refractivity contribution in [2.45, 2.75) is 0 Å². The average Bonchev–Trinajstić information content (AvgIpc) is 3.09. The average molecular weight is 469 g/mol. The third-order valence-electron chi connectivity index (χ3n) is 6.80. The normalized spacial score (nSPS) is 16.8. The summed E-state index contributed by atoms with van der Waals surface area (Å²) in [5.41, 5.74) is 5.59. The molecule has 0 spiro atoms. The topological polar surface area (TPSA) is 17.1 Å². The zero-order chi connectivity index (χ0) is 23.7. The molecule has 168 valence electrons. The molecule has 1 atom stereocenters. The number of fused-ring (bicyclic) bond motifs is 2. The molecule has 0 N–H and O–H groups in total. The van der Waals surface area contributed by atoms with Gasteiger partial charge in [0.1, 0.15) is 0 Å². The van der Waals surface area contributed by atoms with Gasteiger partial charge in [-0.25, -0.2) is 0 Å². The van der Waals surface area contributed by atoms with E-state index in [4.69, 9.17) is 0 Å². The van der Waals surface area contributed by atoms with Crippen LogP contribution in [0.3, 0.4) is 0 Å². The molecule has 0 unspecified atom stereocenters. The number of allylic oxidation sites excluding steroid dienone is 6. The standard InChI is InChI=1S/C33H25OP/c34-35(27-17-6-2-7-18-27,28-19-8-3-9-20-28)33-29-21-11-10-16-26(29)24-32(25-14-4-1-5-15-25)30-22-12-13-23-31(30)33/h1-24,26H/t26-/m0/s1. The van der Waals surface area contributed by atoms with Gasteiger partial charge in [0.2, 0.25) is 0 Å². The van der Waals surface area contributed by atoms with Crippen molar-refractivity contribution in [3.63, 3.8) is 0 Å². The fourth-order valence-electron chi connectivity index (χ4n) is 5.19. The Morgan fingerprint density at radius 2 is 1.11 bits per heavy atom. The smallest absolute Gasteiger partial charge is 0.171 e.